The van der Waals surface area contributed by atoms with E-state index in [9.17, 15) is 4.79 Å². The van der Waals surface area contributed by atoms with E-state index in [1.165, 1.54) is 0 Å². The molecule has 5 nitrogen and oxygen atoms in total. The number of hydrogen-bond acceptors (Lipinski definition) is 5. The third-order valence-corrected chi connectivity index (χ3v) is 5.34. The van der Waals surface area contributed by atoms with E-state index in [4.69, 9.17) is 18.9 Å². The number of methoxy groups -OCH3 is 1. The highest BCUT2D eigenvalue weighted by molar-refractivity contribution is 5.93. The Bertz CT molecular complexity index is 1410. The van der Waals surface area contributed by atoms with E-state index >= 15 is 0 Å². The third kappa shape index (κ3) is 4.32. The van der Waals surface area contributed by atoms with Crippen molar-refractivity contribution >= 4 is 5.97 Å². The molecule has 0 fully saturated rings. The van der Waals surface area contributed by atoms with Crippen molar-refractivity contribution in [1.82, 2.24) is 4.98 Å². The minimum Gasteiger partial charge on any atom is -0.497 e. The van der Waals surface area contributed by atoms with Gasteiger partial charge in [-0.3, -0.25) is 0 Å². The molecule has 0 aliphatic carbocycles. The second-order valence-corrected chi connectivity index (χ2v) is 7.55. The normalized spacial score (nSPS) is 10.6. The Morgan fingerprint density at radius 1 is 0.765 bits per heavy atom. The number of benzene rings is 4. The predicted octanol–water partition coefficient (Wildman–Crippen LogP) is 6.90. The summed E-state index contributed by atoms with van der Waals surface area (Å²) in [5.41, 5.74) is 3.30. The number of oxazole rings is 1. The molecule has 1 heterocycles. The average Bonchev–Trinajstić information content (AvgIpc) is 3.36. The van der Waals surface area contributed by atoms with Crippen molar-refractivity contribution in [1.29, 1.82) is 0 Å². The molecule has 166 valence electrons. The molecule has 0 bridgehead atoms. The van der Waals surface area contributed by atoms with Crippen molar-refractivity contribution in [3.8, 4) is 45.5 Å². The van der Waals surface area contributed by atoms with E-state index in [2.05, 4.69) is 0 Å². The van der Waals surface area contributed by atoms with Crippen LogP contribution in [0.4, 0.5) is 0 Å². The summed E-state index contributed by atoms with van der Waals surface area (Å²) in [7, 11) is 1.59. The highest BCUT2D eigenvalue weighted by Gasteiger charge is 2.23. The van der Waals surface area contributed by atoms with Gasteiger partial charge in [0, 0.05) is 11.1 Å². The number of carbonyl (C=O) groups is 1. The lowest BCUT2D eigenvalue weighted by Crippen LogP contribution is -2.09. The average molecular weight is 447 g/mol. The predicted molar refractivity (Wildman–Crippen MR) is 131 cm³/mol. The molecular formula is C29H21NO4. The fourth-order valence-electron chi connectivity index (χ4n) is 3.64. The Morgan fingerprint density at radius 2 is 1.38 bits per heavy atom. The summed E-state index contributed by atoms with van der Waals surface area (Å²) in [6.07, 6.45) is 0. The quantitative estimate of drug-likeness (QED) is 0.209. The van der Waals surface area contributed by atoms with E-state index in [0.717, 1.165) is 11.1 Å². The molecule has 0 unspecified atom stereocenters. The Morgan fingerprint density at radius 3 is 2.03 bits per heavy atom. The van der Waals surface area contributed by atoms with Gasteiger partial charge in [-0.1, -0.05) is 66.7 Å². The van der Waals surface area contributed by atoms with E-state index < -0.39 is 5.97 Å². The molecule has 0 aliphatic rings. The van der Waals surface area contributed by atoms with Gasteiger partial charge in [-0.2, -0.15) is 0 Å². The van der Waals surface area contributed by atoms with Crippen molar-refractivity contribution in [2.24, 2.45) is 0 Å². The van der Waals surface area contributed by atoms with Crippen LogP contribution in [0.3, 0.4) is 0 Å². The zero-order valence-electron chi connectivity index (χ0n) is 18.5. The number of nitrogens with zero attached hydrogens (tertiary/aromatic N) is 1. The summed E-state index contributed by atoms with van der Waals surface area (Å²) in [4.78, 5) is 17.7. The van der Waals surface area contributed by atoms with Crippen LogP contribution >= 0.6 is 0 Å². The largest absolute Gasteiger partial charge is 0.497 e. The smallest absolute Gasteiger partial charge is 0.343 e. The molecule has 5 heteroatoms. The van der Waals surface area contributed by atoms with Gasteiger partial charge in [0.15, 0.2) is 5.76 Å². The standard InChI is InChI=1S/C29H21NO4/c1-32-23-17-18-25(33-29(31)22-15-9-4-10-16-22)24(19-23)26-27(20-11-5-2-6-12-20)34-28(30-26)21-13-7-3-8-14-21/h2-19H,1H3. The molecule has 34 heavy (non-hydrogen) atoms. The van der Waals surface area contributed by atoms with Crippen LogP contribution in [0.1, 0.15) is 10.4 Å². The van der Waals surface area contributed by atoms with Crippen molar-refractivity contribution in [2.75, 3.05) is 7.11 Å². The van der Waals surface area contributed by atoms with Gasteiger partial charge in [0.05, 0.1) is 18.2 Å². The highest BCUT2D eigenvalue weighted by atomic mass is 16.5. The van der Waals surface area contributed by atoms with Crippen molar-refractivity contribution in [3.63, 3.8) is 0 Å². The minimum atomic E-state index is -0.458. The number of hydrogen-bond donors (Lipinski definition) is 0. The number of carbonyl (C=O) groups excluding carboxylic acids is 1. The van der Waals surface area contributed by atoms with E-state index in [1.807, 2.05) is 66.7 Å². The Balaban J connectivity index is 1.66. The molecule has 0 N–H and O–H groups in total. The van der Waals surface area contributed by atoms with Gasteiger partial charge in [-0.05, 0) is 42.5 Å². The van der Waals surface area contributed by atoms with E-state index in [1.54, 1.807) is 49.6 Å². The molecule has 0 radical (unpaired) electrons. The van der Waals surface area contributed by atoms with Crippen molar-refractivity contribution in [3.05, 3.63) is 115 Å². The molecule has 5 aromatic rings. The van der Waals surface area contributed by atoms with Crippen LogP contribution in [0.2, 0.25) is 0 Å². The summed E-state index contributed by atoms with van der Waals surface area (Å²) in [5.74, 6) is 1.56. The monoisotopic (exact) mass is 447 g/mol. The molecular weight excluding hydrogens is 426 g/mol. The van der Waals surface area contributed by atoms with Gasteiger partial charge in [-0.25, -0.2) is 9.78 Å². The Labute approximate surface area is 197 Å². The zero-order chi connectivity index (χ0) is 23.3. The molecule has 0 saturated heterocycles. The fourth-order valence-corrected chi connectivity index (χ4v) is 3.64. The van der Waals surface area contributed by atoms with E-state index in [-0.39, 0.29) is 0 Å². The number of ether oxygens (including phenoxy) is 2. The van der Waals surface area contributed by atoms with Crippen LogP contribution in [0.25, 0.3) is 34.0 Å². The molecule has 4 aromatic carbocycles. The molecule has 0 atom stereocenters. The van der Waals surface area contributed by atoms with Crippen molar-refractivity contribution < 1.29 is 18.7 Å². The molecule has 0 aliphatic heterocycles. The number of esters is 1. The molecule has 0 saturated carbocycles. The van der Waals surface area contributed by atoms with Gasteiger partial charge in [0.1, 0.15) is 17.2 Å². The Kier molecular flexibility index (Phi) is 5.91. The maximum Gasteiger partial charge on any atom is 0.343 e. The van der Waals surface area contributed by atoms with Crippen LogP contribution in [0, 0.1) is 0 Å². The lowest BCUT2D eigenvalue weighted by Gasteiger charge is -2.11. The maximum atomic E-state index is 12.8. The molecule has 5 rings (SSSR count). The molecule has 1 aromatic heterocycles. The lowest BCUT2D eigenvalue weighted by atomic mass is 10.0. The summed E-state index contributed by atoms with van der Waals surface area (Å²) in [5, 5.41) is 0. The van der Waals surface area contributed by atoms with Gasteiger partial charge in [0.25, 0.3) is 0 Å². The topological polar surface area (TPSA) is 61.6 Å². The Hall–Kier alpha value is -4.64. The molecule has 0 spiro atoms. The van der Waals surface area contributed by atoms with Gasteiger partial charge < -0.3 is 13.9 Å². The van der Waals surface area contributed by atoms with Crippen LogP contribution < -0.4 is 9.47 Å². The second-order valence-electron chi connectivity index (χ2n) is 7.55. The highest BCUT2D eigenvalue weighted by Crippen LogP contribution is 2.41. The summed E-state index contributed by atoms with van der Waals surface area (Å²) < 4.78 is 17.5. The minimum absolute atomic E-state index is 0.361. The number of rotatable bonds is 6. The second kappa shape index (κ2) is 9.46. The number of aromatic nitrogens is 1. The summed E-state index contributed by atoms with van der Waals surface area (Å²) in [6, 6.07) is 33.5. The summed E-state index contributed by atoms with van der Waals surface area (Å²) in [6.45, 7) is 0. The first-order chi connectivity index (χ1) is 16.7. The van der Waals surface area contributed by atoms with E-state index in [0.29, 0.717) is 40.0 Å². The van der Waals surface area contributed by atoms with Gasteiger partial charge in [0.2, 0.25) is 5.89 Å². The zero-order valence-corrected chi connectivity index (χ0v) is 18.5. The molecule has 0 amide bonds. The lowest BCUT2D eigenvalue weighted by molar-refractivity contribution is 0.0735. The first-order valence-electron chi connectivity index (χ1n) is 10.8. The van der Waals surface area contributed by atoms with Crippen LogP contribution in [-0.2, 0) is 0 Å². The van der Waals surface area contributed by atoms with Crippen LogP contribution in [0.5, 0.6) is 11.5 Å². The first kappa shape index (κ1) is 21.2. The summed E-state index contributed by atoms with van der Waals surface area (Å²) >= 11 is 0. The van der Waals surface area contributed by atoms with Crippen molar-refractivity contribution in [2.45, 2.75) is 0 Å². The van der Waals surface area contributed by atoms with Crippen LogP contribution in [-0.4, -0.2) is 18.1 Å². The first-order valence-corrected chi connectivity index (χ1v) is 10.8. The SMILES string of the molecule is COc1ccc(OC(=O)c2ccccc2)c(-c2nc(-c3ccccc3)oc2-c2ccccc2)c1. The van der Waals surface area contributed by atoms with Gasteiger partial charge >= 0.3 is 5.97 Å². The third-order valence-electron chi connectivity index (χ3n) is 5.34. The maximum absolute atomic E-state index is 12.8. The fraction of sp³-hybridized carbons (Fsp3) is 0.0345. The van der Waals surface area contributed by atoms with Gasteiger partial charge in [-0.15, -0.1) is 0 Å². The van der Waals surface area contributed by atoms with Crippen LogP contribution in [0.15, 0.2) is 114 Å².